The van der Waals surface area contributed by atoms with Crippen LogP contribution in [0.5, 0.6) is 0 Å². The van der Waals surface area contributed by atoms with Crippen LogP contribution in [0.4, 0.5) is 13.2 Å². The summed E-state index contributed by atoms with van der Waals surface area (Å²) in [5, 5.41) is 12.2. The van der Waals surface area contributed by atoms with Crippen LogP contribution in [-0.2, 0) is 0 Å². The predicted molar refractivity (Wildman–Crippen MR) is 70.1 cm³/mol. The maximum absolute atomic E-state index is 13.0. The Balaban J connectivity index is 1.99. The van der Waals surface area contributed by atoms with E-state index in [1.54, 1.807) is 0 Å². The molecule has 6 heteroatoms. The molecule has 110 valence electrons. The summed E-state index contributed by atoms with van der Waals surface area (Å²) >= 11 is 0. The lowest BCUT2D eigenvalue weighted by molar-refractivity contribution is 0.0915. The molecule has 0 bridgehead atoms. The monoisotopic (exact) mass is 295 g/mol. The number of amides is 1. The number of carbonyl (C=O) groups is 1. The fourth-order valence-electron chi connectivity index (χ4n) is 1.76. The molecule has 0 aromatic heterocycles. The van der Waals surface area contributed by atoms with E-state index < -0.39 is 29.5 Å². The van der Waals surface area contributed by atoms with E-state index >= 15 is 0 Å². The Labute approximate surface area is 119 Å². The molecule has 21 heavy (non-hydrogen) atoms. The smallest absolute Gasteiger partial charge is 0.251 e. The molecule has 2 aromatic carbocycles. The number of hydrogen-bond acceptors (Lipinski definition) is 2. The Hall–Kier alpha value is -2.34. The number of aliphatic hydroxyl groups is 1. The summed E-state index contributed by atoms with van der Waals surface area (Å²) in [7, 11) is 0. The van der Waals surface area contributed by atoms with Crippen molar-refractivity contribution < 1.29 is 23.1 Å². The number of halogens is 3. The molecule has 0 spiro atoms. The van der Waals surface area contributed by atoms with Crippen LogP contribution >= 0.6 is 0 Å². The molecule has 0 heterocycles. The average molecular weight is 295 g/mol. The van der Waals surface area contributed by atoms with Gasteiger partial charge in [-0.3, -0.25) is 4.79 Å². The number of nitrogens with one attached hydrogen (secondary N) is 1. The maximum Gasteiger partial charge on any atom is 0.251 e. The number of rotatable bonds is 4. The van der Waals surface area contributed by atoms with Crippen molar-refractivity contribution in [1.82, 2.24) is 5.32 Å². The van der Waals surface area contributed by atoms with E-state index in [1.165, 1.54) is 24.3 Å². The van der Waals surface area contributed by atoms with Crippen molar-refractivity contribution in [3.05, 3.63) is 71.0 Å². The normalized spacial score (nSPS) is 12.0. The third-order valence-corrected chi connectivity index (χ3v) is 2.87. The molecule has 3 nitrogen and oxygen atoms in total. The summed E-state index contributed by atoms with van der Waals surface area (Å²) in [6.07, 6.45) is -1.20. The van der Waals surface area contributed by atoms with Crippen molar-refractivity contribution in [2.75, 3.05) is 6.54 Å². The van der Waals surface area contributed by atoms with Crippen LogP contribution in [0.1, 0.15) is 22.0 Å². The highest BCUT2D eigenvalue weighted by Gasteiger charge is 2.13. The van der Waals surface area contributed by atoms with E-state index in [0.29, 0.717) is 0 Å². The van der Waals surface area contributed by atoms with E-state index in [-0.39, 0.29) is 17.7 Å². The first-order valence-electron chi connectivity index (χ1n) is 6.14. The molecule has 0 aliphatic carbocycles. The number of aliphatic hydroxyl groups excluding tert-OH is 1. The highest BCUT2D eigenvalue weighted by atomic mass is 19.2. The average Bonchev–Trinajstić information content (AvgIpc) is 2.47. The highest BCUT2D eigenvalue weighted by Crippen LogP contribution is 2.15. The van der Waals surface area contributed by atoms with Crippen molar-refractivity contribution in [2.24, 2.45) is 0 Å². The van der Waals surface area contributed by atoms with Gasteiger partial charge in [0.25, 0.3) is 5.91 Å². The lowest BCUT2D eigenvalue weighted by Crippen LogP contribution is -2.28. The molecule has 1 amide bonds. The van der Waals surface area contributed by atoms with Gasteiger partial charge >= 0.3 is 0 Å². The molecule has 0 aliphatic heterocycles. The van der Waals surface area contributed by atoms with E-state index in [0.717, 1.165) is 18.2 Å². The van der Waals surface area contributed by atoms with Crippen LogP contribution < -0.4 is 5.32 Å². The molecule has 2 rings (SSSR count). The Bertz CT molecular complexity index is 661. The molecule has 2 aromatic rings. The van der Waals surface area contributed by atoms with Crippen LogP contribution in [0.2, 0.25) is 0 Å². The van der Waals surface area contributed by atoms with Gasteiger partial charge in [-0.2, -0.15) is 0 Å². The van der Waals surface area contributed by atoms with Crippen LogP contribution in [0.15, 0.2) is 42.5 Å². The van der Waals surface area contributed by atoms with Gasteiger partial charge in [0.1, 0.15) is 5.82 Å². The molecule has 0 saturated heterocycles. The molecule has 0 radical (unpaired) electrons. The van der Waals surface area contributed by atoms with E-state index in [1.807, 2.05) is 0 Å². The predicted octanol–water partition coefficient (Wildman–Crippen LogP) is 2.57. The molecular weight excluding hydrogens is 283 g/mol. The highest BCUT2D eigenvalue weighted by molar-refractivity contribution is 5.94. The van der Waals surface area contributed by atoms with Crippen LogP contribution in [0, 0.1) is 17.5 Å². The van der Waals surface area contributed by atoms with Gasteiger partial charge in [0.05, 0.1) is 6.10 Å². The number of hydrogen-bond donors (Lipinski definition) is 2. The molecule has 0 saturated carbocycles. The van der Waals surface area contributed by atoms with Crippen molar-refractivity contribution in [3.63, 3.8) is 0 Å². The van der Waals surface area contributed by atoms with Crippen molar-refractivity contribution in [3.8, 4) is 0 Å². The first-order valence-corrected chi connectivity index (χ1v) is 6.14. The second-order valence-corrected chi connectivity index (χ2v) is 4.41. The standard InChI is InChI=1S/C15H12F3NO2/c16-11-3-1-2-10(6-11)15(21)19-8-14(20)9-4-5-12(17)13(18)7-9/h1-7,14,20H,8H2,(H,19,21)/t14-/m0/s1. The van der Waals surface area contributed by atoms with Gasteiger partial charge in [-0.15, -0.1) is 0 Å². The van der Waals surface area contributed by atoms with E-state index in [2.05, 4.69) is 5.32 Å². The second kappa shape index (κ2) is 6.41. The molecule has 0 fully saturated rings. The summed E-state index contributed by atoms with van der Waals surface area (Å²) in [6, 6.07) is 8.03. The minimum absolute atomic E-state index is 0.104. The lowest BCUT2D eigenvalue weighted by Gasteiger charge is -2.12. The number of carbonyl (C=O) groups excluding carboxylic acids is 1. The van der Waals surface area contributed by atoms with Crippen LogP contribution in [-0.4, -0.2) is 17.6 Å². The van der Waals surface area contributed by atoms with E-state index in [9.17, 15) is 23.1 Å². The van der Waals surface area contributed by atoms with Crippen molar-refractivity contribution >= 4 is 5.91 Å². The lowest BCUT2D eigenvalue weighted by atomic mass is 10.1. The quantitative estimate of drug-likeness (QED) is 0.911. The SMILES string of the molecule is O=C(NC[C@H](O)c1ccc(F)c(F)c1)c1cccc(F)c1. The van der Waals surface area contributed by atoms with Gasteiger partial charge < -0.3 is 10.4 Å². The number of benzene rings is 2. The van der Waals surface area contributed by atoms with Crippen molar-refractivity contribution in [1.29, 1.82) is 0 Å². The molecule has 0 aliphatic rings. The van der Waals surface area contributed by atoms with Gasteiger partial charge in [-0.05, 0) is 35.9 Å². The second-order valence-electron chi connectivity index (χ2n) is 4.41. The molecule has 0 unspecified atom stereocenters. The maximum atomic E-state index is 13.0. The third kappa shape index (κ3) is 3.82. The van der Waals surface area contributed by atoms with Crippen LogP contribution in [0.25, 0.3) is 0 Å². The van der Waals surface area contributed by atoms with Gasteiger partial charge in [0.15, 0.2) is 11.6 Å². The molecule has 1 atom stereocenters. The van der Waals surface area contributed by atoms with Crippen molar-refractivity contribution in [2.45, 2.75) is 6.10 Å². The summed E-state index contributed by atoms with van der Waals surface area (Å²) in [5.41, 5.74) is 0.237. The third-order valence-electron chi connectivity index (χ3n) is 2.87. The Kier molecular flexibility index (Phi) is 4.59. The zero-order valence-electron chi connectivity index (χ0n) is 10.8. The minimum Gasteiger partial charge on any atom is -0.387 e. The van der Waals surface area contributed by atoms with Gasteiger partial charge in [0.2, 0.25) is 0 Å². The Morgan fingerprint density at radius 1 is 1.10 bits per heavy atom. The molecular formula is C15H12F3NO2. The Morgan fingerprint density at radius 3 is 2.52 bits per heavy atom. The fraction of sp³-hybridized carbons (Fsp3) is 0.133. The first kappa shape index (κ1) is 15.1. The van der Waals surface area contributed by atoms with Gasteiger partial charge in [-0.25, -0.2) is 13.2 Å². The summed E-state index contributed by atoms with van der Waals surface area (Å²) < 4.78 is 38.8. The van der Waals surface area contributed by atoms with Crippen LogP contribution in [0.3, 0.4) is 0 Å². The fourth-order valence-corrected chi connectivity index (χ4v) is 1.76. The van der Waals surface area contributed by atoms with E-state index in [4.69, 9.17) is 0 Å². The first-order chi connectivity index (χ1) is 9.97. The largest absolute Gasteiger partial charge is 0.387 e. The summed E-state index contributed by atoms with van der Waals surface area (Å²) in [4.78, 5) is 11.7. The zero-order chi connectivity index (χ0) is 15.4. The van der Waals surface area contributed by atoms with Gasteiger partial charge in [0, 0.05) is 12.1 Å². The minimum atomic E-state index is -1.20. The topological polar surface area (TPSA) is 49.3 Å². The zero-order valence-corrected chi connectivity index (χ0v) is 10.8. The molecule has 2 N–H and O–H groups in total. The van der Waals surface area contributed by atoms with Gasteiger partial charge in [-0.1, -0.05) is 12.1 Å². The summed E-state index contributed by atoms with van der Waals surface area (Å²) in [6.45, 7) is -0.208. The summed E-state index contributed by atoms with van der Waals surface area (Å²) in [5.74, 6) is -3.22. The Morgan fingerprint density at radius 2 is 1.86 bits per heavy atom.